The van der Waals surface area contributed by atoms with Crippen molar-refractivity contribution < 1.29 is 13.6 Å². The number of amides is 1. The van der Waals surface area contributed by atoms with E-state index in [1.54, 1.807) is 0 Å². The zero-order valence-corrected chi connectivity index (χ0v) is 13.1. The summed E-state index contributed by atoms with van der Waals surface area (Å²) in [4.78, 5) is 30.5. The smallest absolute Gasteiger partial charge is 0.277 e. The molecular weight excluding hydrogens is 326 g/mol. The number of H-pyrrole nitrogens is 1. The van der Waals surface area contributed by atoms with Gasteiger partial charge < -0.3 is 11.1 Å². The third-order valence-electron chi connectivity index (χ3n) is 2.69. The van der Waals surface area contributed by atoms with Crippen LogP contribution in [0, 0.1) is 11.6 Å². The van der Waals surface area contributed by atoms with Crippen LogP contribution >= 0.6 is 11.8 Å². The van der Waals surface area contributed by atoms with Crippen molar-refractivity contribution in [1.29, 1.82) is 0 Å². The molecule has 0 aliphatic carbocycles. The lowest BCUT2D eigenvalue weighted by atomic mass is 10.2. The number of carbonyl (C=O) groups excluding carboxylic acids is 1. The molecule has 23 heavy (non-hydrogen) atoms. The minimum absolute atomic E-state index is 0.150. The van der Waals surface area contributed by atoms with Gasteiger partial charge in [-0.1, -0.05) is 25.6 Å². The molecule has 0 spiro atoms. The highest BCUT2D eigenvalue weighted by Crippen LogP contribution is 2.21. The molecule has 0 saturated carbocycles. The molecule has 0 aliphatic rings. The van der Waals surface area contributed by atoms with Gasteiger partial charge in [0, 0.05) is 10.8 Å². The van der Waals surface area contributed by atoms with Gasteiger partial charge in [0.2, 0.25) is 0 Å². The third kappa shape index (κ3) is 4.07. The number of nitrogen functional groups attached to an aromatic ring is 1. The van der Waals surface area contributed by atoms with Gasteiger partial charge in [-0.2, -0.15) is 0 Å². The molecule has 6 nitrogen and oxygen atoms in total. The van der Waals surface area contributed by atoms with Gasteiger partial charge in [-0.05, 0) is 18.2 Å². The van der Waals surface area contributed by atoms with Crippen LogP contribution in [0.25, 0.3) is 0 Å². The largest absolute Gasteiger partial charge is 0.382 e. The van der Waals surface area contributed by atoms with Crippen molar-refractivity contribution in [3.05, 3.63) is 45.8 Å². The number of hydrogen-bond acceptors (Lipinski definition) is 5. The summed E-state index contributed by atoms with van der Waals surface area (Å²) < 4.78 is 26.0. The van der Waals surface area contributed by atoms with E-state index >= 15 is 0 Å². The Morgan fingerprint density at radius 2 is 2.04 bits per heavy atom. The average molecular weight is 340 g/mol. The Kier molecular flexibility index (Phi) is 4.99. The Morgan fingerprint density at radius 1 is 1.35 bits per heavy atom. The summed E-state index contributed by atoms with van der Waals surface area (Å²) in [6.07, 6.45) is 0. The second kappa shape index (κ2) is 6.78. The van der Waals surface area contributed by atoms with E-state index in [9.17, 15) is 18.4 Å². The summed E-state index contributed by atoms with van der Waals surface area (Å²) in [5.74, 6) is -3.20. The molecule has 122 valence electrons. The average Bonchev–Trinajstić information content (AvgIpc) is 2.45. The number of rotatable bonds is 4. The number of hydrogen-bond donors (Lipinski definition) is 3. The molecule has 1 aromatic heterocycles. The zero-order chi connectivity index (χ0) is 17.1. The standard InChI is InChI=1S/C14H14F2N4O2S/c1-6(2)23-14-19-11(17)10(13(22)20-14)18-12(21)7-3-4-8(15)9(16)5-7/h3-6H,1-2H3,(H,18,21)(H3,17,19,20,22). The molecule has 0 bridgehead atoms. The first-order valence-corrected chi connectivity index (χ1v) is 7.48. The fraction of sp³-hybridized carbons (Fsp3) is 0.214. The highest BCUT2D eigenvalue weighted by molar-refractivity contribution is 7.99. The number of benzene rings is 1. The molecule has 0 atom stereocenters. The van der Waals surface area contributed by atoms with Crippen LogP contribution in [0.4, 0.5) is 20.3 Å². The lowest BCUT2D eigenvalue weighted by molar-refractivity contribution is 0.102. The molecule has 1 heterocycles. The Morgan fingerprint density at radius 3 is 2.61 bits per heavy atom. The molecule has 0 aliphatic heterocycles. The van der Waals surface area contributed by atoms with Crippen LogP contribution in [0.2, 0.25) is 0 Å². The minimum atomic E-state index is -1.17. The molecule has 9 heteroatoms. The van der Waals surface area contributed by atoms with E-state index in [0.29, 0.717) is 5.16 Å². The monoisotopic (exact) mass is 340 g/mol. The predicted octanol–water partition coefficient (Wildman–Crippen LogP) is 2.38. The summed E-state index contributed by atoms with van der Waals surface area (Å²) in [7, 11) is 0. The van der Waals surface area contributed by atoms with E-state index in [-0.39, 0.29) is 22.3 Å². The van der Waals surface area contributed by atoms with Gasteiger partial charge in [0.15, 0.2) is 22.6 Å². The number of aromatic nitrogens is 2. The molecule has 2 aromatic rings. The maximum atomic E-state index is 13.1. The molecule has 2 rings (SSSR count). The van der Waals surface area contributed by atoms with Crippen molar-refractivity contribution >= 4 is 29.2 Å². The van der Waals surface area contributed by atoms with Crippen molar-refractivity contribution in [2.75, 3.05) is 11.1 Å². The summed E-state index contributed by atoms with van der Waals surface area (Å²) in [5.41, 5.74) is 4.66. The topological polar surface area (TPSA) is 101 Å². The van der Waals surface area contributed by atoms with Crippen molar-refractivity contribution in [2.24, 2.45) is 0 Å². The van der Waals surface area contributed by atoms with E-state index in [1.165, 1.54) is 11.8 Å². The predicted molar refractivity (Wildman–Crippen MR) is 84.6 cm³/mol. The van der Waals surface area contributed by atoms with E-state index in [1.807, 2.05) is 13.8 Å². The molecule has 0 fully saturated rings. The second-order valence-electron chi connectivity index (χ2n) is 4.88. The normalized spacial score (nSPS) is 10.8. The summed E-state index contributed by atoms with van der Waals surface area (Å²) >= 11 is 1.30. The van der Waals surface area contributed by atoms with Gasteiger partial charge in [-0.15, -0.1) is 0 Å². The fourth-order valence-corrected chi connectivity index (χ4v) is 2.44. The van der Waals surface area contributed by atoms with Crippen molar-refractivity contribution in [2.45, 2.75) is 24.3 Å². The molecule has 1 aromatic carbocycles. The summed E-state index contributed by atoms with van der Waals surface area (Å²) in [6.45, 7) is 3.83. The van der Waals surface area contributed by atoms with Crippen LogP contribution in [0.1, 0.15) is 24.2 Å². The summed E-state index contributed by atoms with van der Waals surface area (Å²) in [6, 6.07) is 2.64. The lowest BCUT2D eigenvalue weighted by Crippen LogP contribution is -2.23. The lowest BCUT2D eigenvalue weighted by Gasteiger charge is -2.09. The Balaban J connectivity index is 2.27. The molecule has 0 unspecified atom stereocenters. The van der Waals surface area contributed by atoms with Crippen molar-refractivity contribution in [1.82, 2.24) is 9.97 Å². The maximum Gasteiger partial charge on any atom is 0.277 e. The first-order valence-electron chi connectivity index (χ1n) is 6.60. The Bertz CT molecular complexity index is 808. The highest BCUT2D eigenvalue weighted by atomic mass is 32.2. The maximum absolute atomic E-state index is 13.1. The number of carbonyl (C=O) groups is 1. The minimum Gasteiger partial charge on any atom is -0.382 e. The van der Waals surface area contributed by atoms with E-state index in [4.69, 9.17) is 5.73 Å². The van der Waals surface area contributed by atoms with Crippen molar-refractivity contribution in [3.63, 3.8) is 0 Å². The first-order chi connectivity index (χ1) is 10.8. The molecule has 0 saturated heterocycles. The number of halogens is 2. The van der Waals surface area contributed by atoms with Crippen LogP contribution in [0.3, 0.4) is 0 Å². The third-order valence-corrected chi connectivity index (χ3v) is 3.58. The second-order valence-corrected chi connectivity index (χ2v) is 6.45. The van der Waals surface area contributed by atoms with E-state index in [2.05, 4.69) is 15.3 Å². The van der Waals surface area contributed by atoms with Crippen LogP contribution in [0.15, 0.2) is 28.2 Å². The number of aromatic amines is 1. The number of anilines is 2. The van der Waals surface area contributed by atoms with Gasteiger partial charge in [-0.3, -0.25) is 14.6 Å². The van der Waals surface area contributed by atoms with Crippen LogP contribution in [-0.4, -0.2) is 21.1 Å². The van der Waals surface area contributed by atoms with E-state index < -0.39 is 23.1 Å². The van der Waals surface area contributed by atoms with Crippen LogP contribution in [-0.2, 0) is 0 Å². The number of nitrogens with one attached hydrogen (secondary N) is 2. The van der Waals surface area contributed by atoms with Gasteiger partial charge >= 0.3 is 0 Å². The Labute approximate surface area is 134 Å². The number of nitrogens with two attached hydrogens (primary N) is 1. The van der Waals surface area contributed by atoms with Crippen LogP contribution in [0.5, 0.6) is 0 Å². The van der Waals surface area contributed by atoms with Gasteiger partial charge in [-0.25, -0.2) is 13.8 Å². The van der Waals surface area contributed by atoms with Gasteiger partial charge in [0.1, 0.15) is 5.69 Å². The van der Waals surface area contributed by atoms with E-state index in [0.717, 1.165) is 18.2 Å². The van der Waals surface area contributed by atoms with Crippen LogP contribution < -0.4 is 16.6 Å². The molecular formula is C14H14F2N4O2S. The van der Waals surface area contributed by atoms with Gasteiger partial charge in [0.25, 0.3) is 11.5 Å². The first kappa shape index (κ1) is 16.9. The van der Waals surface area contributed by atoms with Crippen molar-refractivity contribution in [3.8, 4) is 0 Å². The number of nitrogens with zero attached hydrogens (tertiary/aromatic N) is 1. The fourth-order valence-electron chi connectivity index (χ4n) is 1.69. The zero-order valence-electron chi connectivity index (χ0n) is 12.3. The molecule has 4 N–H and O–H groups in total. The van der Waals surface area contributed by atoms with Gasteiger partial charge in [0.05, 0.1) is 0 Å². The SMILES string of the molecule is CC(C)Sc1nc(N)c(NC(=O)c2ccc(F)c(F)c2)c(=O)[nH]1. The highest BCUT2D eigenvalue weighted by Gasteiger charge is 2.15. The summed E-state index contributed by atoms with van der Waals surface area (Å²) in [5, 5.41) is 2.76. The number of thioether (sulfide) groups is 1. The molecule has 0 radical (unpaired) electrons. The quantitative estimate of drug-likeness (QED) is 0.586. The molecule has 1 amide bonds. The Hall–Kier alpha value is -2.42.